The van der Waals surface area contributed by atoms with E-state index in [0.717, 1.165) is 8.95 Å². The Hall–Kier alpha value is -0.630. The molecule has 0 radical (unpaired) electrons. The van der Waals surface area contributed by atoms with Crippen LogP contribution in [0.3, 0.4) is 0 Å². The first kappa shape index (κ1) is 16.7. The van der Waals surface area contributed by atoms with Gasteiger partial charge in [-0.2, -0.15) is 0 Å². The van der Waals surface area contributed by atoms with Crippen LogP contribution >= 0.6 is 31.9 Å². The number of hydrogen-bond acceptors (Lipinski definition) is 4. The Morgan fingerprint density at radius 3 is 2.71 bits per heavy atom. The smallest absolute Gasteiger partial charge is 0.258 e. The lowest BCUT2D eigenvalue weighted by Gasteiger charge is -2.36. The molecular weight excluding hydrogens is 406 g/mol. The van der Waals surface area contributed by atoms with Crippen molar-refractivity contribution >= 4 is 37.8 Å². The summed E-state index contributed by atoms with van der Waals surface area (Å²) in [4.78, 5) is 12.0. The van der Waals surface area contributed by atoms with E-state index in [1.54, 1.807) is 6.07 Å². The van der Waals surface area contributed by atoms with Crippen molar-refractivity contribution in [1.82, 2.24) is 5.32 Å². The summed E-state index contributed by atoms with van der Waals surface area (Å²) in [5.74, 6) is 0.346. The van der Waals surface area contributed by atoms with Crippen molar-refractivity contribution in [3.63, 3.8) is 0 Å². The third-order valence-corrected chi connectivity index (χ3v) is 4.52. The van der Waals surface area contributed by atoms with Crippen molar-refractivity contribution in [2.75, 3.05) is 26.4 Å². The van der Waals surface area contributed by atoms with Gasteiger partial charge in [-0.05, 0) is 47.0 Å². The van der Waals surface area contributed by atoms with Crippen LogP contribution in [0, 0.1) is 0 Å². The lowest BCUT2D eigenvalue weighted by atomic mass is 9.91. The number of aliphatic hydroxyl groups excluding tert-OH is 1. The topological polar surface area (TPSA) is 67.8 Å². The van der Waals surface area contributed by atoms with Gasteiger partial charge in [0.1, 0.15) is 5.75 Å². The third-order valence-electron chi connectivity index (χ3n) is 3.41. The molecule has 0 bridgehead atoms. The fraction of sp³-hybridized carbons (Fsp3) is 0.500. The lowest BCUT2D eigenvalue weighted by Crippen LogP contribution is -2.55. The summed E-state index contributed by atoms with van der Waals surface area (Å²) in [7, 11) is 0. The van der Waals surface area contributed by atoms with Crippen molar-refractivity contribution in [2.24, 2.45) is 0 Å². The fourth-order valence-electron chi connectivity index (χ4n) is 2.15. The van der Waals surface area contributed by atoms with Crippen molar-refractivity contribution in [3.8, 4) is 5.75 Å². The maximum atomic E-state index is 12.0. The van der Waals surface area contributed by atoms with Crippen LogP contribution in [0.2, 0.25) is 0 Å². The van der Waals surface area contributed by atoms with Crippen molar-refractivity contribution in [1.29, 1.82) is 0 Å². The highest BCUT2D eigenvalue weighted by molar-refractivity contribution is 9.11. The van der Waals surface area contributed by atoms with Gasteiger partial charge in [-0.15, -0.1) is 0 Å². The number of halogens is 2. The highest BCUT2D eigenvalue weighted by Gasteiger charge is 2.33. The van der Waals surface area contributed by atoms with Crippen LogP contribution in [-0.2, 0) is 9.53 Å². The van der Waals surface area contributed by atoms with Crippen molar-refractivity contribution in [2.45, 2.75) is 18.4 Å². The standard InChI is InChI=1S/C14H17Br2NO4/c15-10-1-2-12(11(16)7-10)21-8-13(19)17-14(9-18)3-5-20-6-4-14/h1-2,7,18H,3-6,8-9H2,(H,17,19). The molecule has 1 aromatic carbocycles. The molecule has 1 saturated heterocycles. The fourth-order valence-corrected chi connectivity index (χ4v) is 3.31. The second-order valence-electron chi connectivity index (χ2n) is 4.96. The number of carbonyl (C=O) groups is 1. The van der Waals surface area contributed by atoms with Gasteiger partial charge in [-0.3, -0.25) is 4.79 Å². The van der Waals surface area contributed by atoms with Crippen LogP contribution in [-0.4, -0.2) is 43.0 Å². The van der Waals surface area contributed by atoms with E-state index in [9.17, 15) is 9.90 Å². The molecule has 0 spiro atoms. The molecule has 2 rings (SSSR count). The Morgan fingerprint density at radius 1 is 1.38 bits per heavy atom. The molecule has 1 fully saturated rings. The molecule has 1 aromatic rings. The van der Waals surface area contributed by atoms with Gasteiger partial charge in [-0.1, -0.05) is 15.9 Å². The maximum Gasteiger partial charge on any atom is 0.258 e. The molecule has 0 atom stereocenters. The number of ether oxygens (including phenoxy) is 2. The molecule has 0 unspecified atom stereocenters. The molecular formula is C14H17Br2NO4. The van der Waals surface area contributed by atoms with E-state index in [1.165, 1.54) is 0 Å². The minimum atomic E-state index is -0.588. The van der Waals surface area contributed by atoms with Gasteiger partial charge >= 0.3 is 0 Å². The Morgan fingerprint density at radius 2 is 2.10 bits per heavy atom. The predicted molar refractivity (Wildman–Crippen MR) is 85.3 cm³/mol. The average molecular weight is 423 g/mol. The largest absolute Gasteiger partial charge is 0.483 e. The van der Waals surface area contributed by atoms with Crippen molar-refractivity contribution < 1.29 is 19.4 Å². The molecule has 1 amide bonds. The molecule has 0 saturated carbocycles. The quantitative estimate of drug-likeness (QED) is 0.763. The minimum absolute atomic E-state index is 0.0932. The molecule has 5 nitrogen and oxygen atoms in total. The van der Waals surface area contributed by atoms with Gasteiger partial charge in [0.05, 0.1) is 16.6 Å². The SMILES string of the molecule is O=C(COc1ccc(Br)cc1Br)NC1(CO)CCOCC1. The van der Waals surface area contributed by atoms with E-state index in [4.69, 9.17) is 9.47 Å². The molecule has 7 heteroatoms. The van der Waals surface area contributed by atoms with Gasteiger partial charge < -0.3 is 19.9 Å². The second kappa shape index (κ2) is 7.58. The van der Waals surface area contributed by atoms with Crippen LogP contribution < -0.4 is 10.1 Å². The molecule has 0 aromatic heterocycles. The van der Waals surface area contributed by atoms with Crippen LogP contribution in [0.25, 0.3) is 0 Å². The van der Waals surface area contributed by atoms with E-state index >= 15 is 0 Å². The first-order valence-electron chi connectivity index (χ1n) is 6.62. The van der Waals surface area contributed by atoms with Crippen LogP contribution in [0.4, 0.5) is 0 Å². The summed E-state index contributed by atoms with van der Waals surface area (Å²) in [6.45, 7) is 0.896. The summed E-state index contributed by atoms with van der Waals surface area (Å²) >= 11 is 6.73. The number of aliphatic hydroxyl groups is 1. The van der Waals surface area contributed by atoms with Crippen molar-refractivity contribution in [3.05, 3.63) is 27.1 Å². The molecule has 1 heterocycles. The van der Waals surface area contributed by atoms with Gasteiger partial charge in [0.15, 0.2) is 6.61 Å². The Kier molecular flexibility index (Phi) is 6.04. The number of benzene rings is 1. The summed E-state index contributed by atoms with van der Waals surface area (Å²) in [5.41, 5.74) is -0.588. The summed E-state index contributed by atoms with van der Waals surface area (Å²) in [5, 5.41) is 12.4. The van der Waals surface area contributed by atoms with E-state index in [0.29, 0.717) is 31.8 Å². The van der Waals surface area contributed by atoms with E-state index in [-0.39, 0.29) is 19.1 Å². The Balaban J connectivity index is 1.89. The predicted octanol–water partition coefficient (Wildman–Crippen LogP) is 2.25. The molecule has 1 aliphatic rings. The lowest BCUT2D eigenvalue weighted by molar-refractivity contribution is -0.127. The van der Waals surface area contributed by atoms with Gasteiger partial charge in [-0.25, -0.2) is 0 Å². The summed E-state index contributed by atoms with van der Waals surface area (Å²) in [6, 6.07) is 5.46. The molecule has 116 valence electrons. The van der Waals surface area contributed by atoms with E-state index < -0.39 is 5.54 Å². The summed E-state index contributed by atoms with van der Waals surface area (Å²) < 4.78 is 12.4. The molecule has 2 N–H and O–H groups in total. The van der Waals surface area contributed by atoms with Gasteiger partial charge in [0, 0.05) is 17.7 Å². The molecule has 1 aliphatic heterocycles. The number of carbonyl (C=O) groups excluding carboxylic acids is 1. The van der Waals surface area contributed by atoms with Gasteiger partial charge in [0.2, 0.25) is 0 Å². The first-order valence-corrected chi connectivity index (χ1v) is 8.21. The average Bonchev–Trinajstić information content (AvgIpc) is 2.47. The first-order chi connectivity index (χ1) is 10.0. The Bertz CT molecular complexity index is 504. The monoisotopic (exact) mass is 421 g/mol. The second-order valence-corrected chi connectivity index (χ2v) is 6.73. The number of amides is 1. The maximum absolute atomic E-state index is 12.0. The van der Waals surface area contributed by atoms with Crippen LogP contribution in [0.15, 0.2) is 27.1 Å². The van der Waals surface area contributed by atoms with E-state index in [1.807, 2.05) is 12.1 Å². The number of nitrogens with one attached hydrogen (secondary N) is 1. The normalized spacial score (nSPS) is 17.3. The molecule has 21 heavy (non-hydrogen) atoms. The van der Waals surface area contributed by atoms with E-state index in [2.05, 4.69) is 37.2 Å². The zero-order valence-electron chi connectivity index (χ0n) is 11.4. The third kappa shape index (κ3) is 4.67. The number of rotatable bonds is 5. The zero-order valence-corrected chi connectivity index (χ0v) is 14.6. The molecule has 0 aliphatic carbocycles. The van der Waals surface area contributed by atoms with Crippen LogP contribution in [0.1, 0.15) is 12.8 Å². The Labute approximate surface area is 140 Å². The van der Waals surface area contributed by atoms with Crippen LogP contribution in [0.5, 0.6) is 5.75 Å². The van der Waals surface area contributed by atoms with Gasteiger partial charge in [0.25, 0.3) is 5.91 Å². The summed E-state index contributed by atoms with van der Waals surface area (Å²) in [6.07, 6.45) is 1.22. The highest BCUT2D eigenvalue weighted by Crippen LogP contribution is 2.28. The zero-order chi connectivity index (χ0) is 15.3. The highest BCUT2D eigenvalue weighted by atomic mass is 79.9. The minimum Gasteiger partial charge on any atom is -0.483 e. The number of hydrogen-bond donors (Lipinski definition) is 2.